The van der Waals surface area contributed by atoms with E-state index in [0.717, 1.165) is 27.0 Å². The quantitative estimate of drug-likeness (QED) is 0.471. The second-order valence-electron chi connectivity index (χ2n) is 6.20. The Labute approximate surface area is 178 Å². The molecular formula is C20H13BrClN3O2S. The van der Waals surface area contributed by atoms with Gasteiger partial charge in [-0.15, -0.1) is 0 Å². The highest BCUT2D eigenvalue weighted by Gasteiger charge is 2.21. The van der Waals surface area contributed by atoms with Crippen LogP contribution in [0.25, 0.3) is 17.3 Å². The summed E-state index contributed by atoms with van der Waals surface area (Å²) in [7, 11) is 0. The molecule has 4 rings (SSSR count). The Bertz CT molecular complexity index is 1310. The van der Waals surface area contributed by atoms with Crippen molar-refractivity contribution in [1.29, 1.82) is 0 Å². The first kappa shape index (κ1) is 18.9. The van der Waals surface area contributed by atoms with E-state index in [9.17, 15) is 9.90 Å². The molecule has 0 bridgehead atoms. The van der Waals surface area contributed by atoms with E-state index in [0.29, 0.717) is 10.7 Å². The van der Waals surface area contributed by atoms with Crippen molar-refractivity contribution in [1.82, 2.24) is 9.55 Å². The number of allylic oxidation sites excluding steroid dienone is 1. The van der Waals surface area contributed by atoms with Crippen molar-refractivity contribution in [2.45, 2.75) is 6.92 Å². The molecule has 2 N–H and O–H groups in total. The van der Waals surface area contributed by atoms with E-state index in [1.807, 2.05) is 25.1 Å². The summed E-state index contributed by atoms with van der Waals surface area (Å²) in [5.74, 6) is -0.286. The Kier molecular flexibility index (Phi) is 4.82. The fourth-order valence-electron chi connectivity index (χ4n) is 3.11. The van der Waals surface area contributed by atoms with Crippen LogP contribution >= 0.6 is 39.7 Å². The highest BCUT2D eigenvalue weighted by Crippen LogP contribution is 2.38. The van der Waals surface area contributed by atoms with Gasteiger partial charge in [0, 0.05) is 21.3 Å². The molecule has 0 saturated carbocycles. The van der Waals surface area contributed by atoms with Gasteiger partial charge in [-0.3, -0.25) is 19.3 Å². The summed E-state index contributed by atoms with van der Waals surface area (Å²) in [4.78, 5) is 19.7. The van der Waals surface area contributed by atoms with Crippen LogP contribution < -0.4 is 5.56 Å². The van der Waals surface area contributed by atoms with Crippen molar-refractivity contribution < 1.29 is 5.11 Å². The number of aromatic hydroxyl groups is 1. The van der Waals surface area contributed by atoms with Gasteiger partial charge in [0.1, 0.15) is 5.56 Å². The van der Waals surface area contributed by atoms with Crippen molar-refractivity contribution in [3.05, 3.63) is 78.2 Å². The Morgan fingerprint density at radius 1 is 1.29 bits per heavy atom. The molecule has 28 heavy (non-hydrogen) atoms. The van der Waals surface area contributed by atoms with Crippen LogP contribution in [0.1, 0.15) is 18.1 Å². The van der Waals surface area contributed by atoms with Crippen LogP contribution in [-0.4, -0.2) is 20.4 Å². The molecule has 140 valence electrons. The molecule has 5 nitrogen and oxygen atoms in total. The molecule has 0 saturated heterocycles. The Hall–Kier alpha value is -2.48. The SMILES string of the molecule is CC1=Nc2ccc(Br)cc2/C1=C\c1c(O)n(-c2ccccc2Cl)c(=S)[nH]c1=O. The van der Waals surface area contributed by atoms with E-state index >= 15 is 0 Å². The molecule has 0 fully saturated rings. The van der Waals surface area contributed by atoms with Gasteiger partial charge in [0.15, 0.2) is 4.77 Å². The van der Waals surface area contributed by atoms with Crippen molar-refractivity contribution in [2.75, 3.05) is 0 Å². The summed E-state index contributed by atoms with van der Waals surface area (Å²) in [5, 5.41) is 11.3. The topological polar surface area (TPSA) is 70.4 Å². The van der Waals surface area contributed by atoms with Gasteiger partial charge in [0.05, 0.1) is 16.4 Å². The molecule has 2 aromatic carbocycles. The number of aromatic amines is 1. The number of nitrogens with zero attached hydrogens (tertiary/aromatic N) is 2. The third-order valence-corrected chi connectivity index (χ3v) is 5.53. The average molecular weight is 475 g/mol. The van der Waals surface area contributed by atoms with Crippen molar-refractivity contribution in [3.8, 4) is 11.6 Å². The van der Waals surface area contributed by atoms with E-state index in [1.165, 1.54) is 4.57 Å². The lowest BCUT2D eigenvalue weighted by Gasteiger charge is -2.13. The second kappa shape index (κ2) is 7.16. The summed E-state index contributed by atoms with van der Waals surface area (Å²) < 4.78 is 2.29. The molecule has 1 aliphatic rings. The molecule has 0 atom stereocenters. The van der Waals surface area contributed by atoms with Crippen LogP contribution in [0.2, 0.25) is 5.02 Å². The minimum Gasteiger partial charge on any atom is -0.494 e. The Morgan fingerprint density at radius 3 is 2.79 bits per heavy atom. The lowest BCUT2D eigenvalue weighted by molar-refractivity contribution is 0.432. The number of H-pyrrole nitrogens is 1. The van der Waals surface area contributed by atoms with E-state index in [-0.39, 0.29) is 16.2 Å². The highest BCUT2D eigenvalue weighted by atomic mass is 79.9. The fraction of sp³-hybridized carbons (Fsp3) is 0.0500. The van der Waals surface area contributed by atoms with E-state index in [1.54, 1.807) is 30.3 Å². The first-order valence-electron chi connectivity index (χ1n) is 8.27. The molecule has 0 unspecified atom stereocenters. The first-order valence-corrected chi connectivity index (χ1v) is 9.85. The number of aromatic nitrogens is 2. The normalized spacial score (nSPS) is 14.2. The van der Waals surface area contributed by atoms with E-state index < -0.39 is 5.56 Å². The third kappa shape index (κ3) is 3.15. The van der Waals surface area contributed by atoms with Gasteiger partial charge in [0.2, 0.25) is 5.88 Å². The lowest BCUT2D eigenvalue weighted by atomic mass is 10.0. The Balaban J connectivity index is 1.98. The maximum absolute atomic E-state index is 12.6. The predicted octanol–water partition coefficient (Wildman–Crippen LogP) is 5.66. The van der Waals surface area contributed by atoms with Crippen molar-refractivity contribution >= 4 is 62.8 Å². The number of para-hydroxylation sites is 1. The van der Waals surface area contributed by atoms with Gasteiger partial charge in [-0.2, -0.15) is 0 Å². The summed E-state index contributed by atoms with van der Waals surface area (Å²) in [5.41, 5.74) is 3.24. The molecule has 2 heterocycles. The van der Waals surface area contributed by atoms with Crippen LogP contribution in [0.15, 0.2) is 56.7 Å². The van der Waals surface area contributed by atoms with Crippen LogP contribution in [-0.2, 0) is 0 Å². The Morgan fingerprint density at radius 2 is 2.04 bits per heavy atom. The van der Waals surface area contributed by atoms with Crippen LogP contribution in [0.4, 0.5) is 5.69 Å². The molecule has 1 aliphatic heterocycles. The summed E-state index contributed by atoms with van der Waals surface area (Å²) >= 11 is 15.0. The van der Waals surface area contributed by atoms with Crippen molar-refractivity contribution in [3.63, 3.8) is 0 Å². The van der Waals surface area contributed by atoms with Gasteiger partial charge >= 0.3 is 0 Å². The number of nitrogens with one attached hydrogen (secondary N) is 1. The number of rotatable bonds is 2. The third-order valence-electron chi connectivity index (χ3n) is 4.43. The van der Waals surface area contributed by atoms with Crippen molar-refractivity contribution in [2.24, 2.45) is 4.99 Å². The van der Waals surface area contributed by atoms with Gasteiger partial charge in [-0.1, -0.05) is 39.7 Å². The molecule has 8 heteroatoms. The maximum Gasteiger partial charge on any atom is 0.262 e. The molecule has 0 radical (unpaired) electrons. The molecule has 0 aliphatic carbocycles. The summed E-state index contributed by atoms with van der Waals surface area (Å²) in [6, 6.07) is 12.7. The molecule has 0 amide bonds. The van der Waals surface area contributed by atoms with Gasteiger partial charge < -0.3 is 5.11 Å². The average Bonchev–Trinajstić information content (AvgIpc) is 2.94. The van der Waals surface area contributed by atoms with Crippen LogP contribution in [0, 0.1) is 4.77 Å². The molecule has 3 aromatic rings. The van der Waals surface area contributed by atoms with E-state index in [2.05, 4.69) is 25.9 Å². The fourth-order valence-corrected chi connectivity index (χ4v) is 3.97. The highest BCUT2D eigenvalue weighted by molar-refractivity contribution is 9.10. The van der Waals surface area contributed by atoms with Gasteiger partial charge in [-0.25, -0.2) is 0 Å². The van der Waals surface area contributed by atoms with Gasteiger partial charge in [0.25, 0.3) is 5.56 Å². The number of aliphatic imine (C=N–C) groups is 1. The summed E-state index contributed by atoms with van der Waals surface area (Å²) in [6.07, 6.45) is 1.62. The zero-order valence-electron chi connectivity index (χ0n) is 14.5. The number of hydrogen-bond acceptors (Lipinski definition) is 4. The monoisotopic (exact) mass is 473 g/mol. The van der Waals surface area contributed by atoms with Crippen LogP contribution in [0.5, 0.6) is 5.88 Å². The number of benzene rings is 2. The van der Waals surface area contributed by atoms with Crippen LogP contribution in [0.3, 0.4) is 0 Å². The second-order valence-corrected chi connectivity index (χ2v) is 7.91. The zero-order valence-corrected chi connectivity index (χ0v) is 17.7. The number of fused-ring (bicyclic) bond motifs is 1. The first-order chi connectivity index (χ1) is 13.4. The van der Waals surface area contributed by atoms with Gasteiger partial charge in [-0.05, 0) is 55.5 Å². The smallest absolute Gasteiger partial charge is 0.262 e. The largest absolute Gasteiger partial charge is 0.494 e. The lowest BCUT2D eigenvalue weighted by Crippen LogP contribution is -2.16. The standard InChI is InChI=1S/C20H13BrClN3O2S/c1-10-12(13-8-11(21)6-7-16(13)23-10)9-14-18(26)24-20(28)25(19(14)27)17-5-3-2-4-15(17)22/h2-9,27H,1H3,(H,24,26,28)/b12-9-. The summed E-state index contributed by atoms with van der Waals surface area (Å²) in [6.45, 7) is 1.86. The van der Waals surface area contributed by atoms with E-state index in [4.69, 9.17) is 23.8 Å². The minimum absolute atomic E-state index is 0.0534. The zero-order chi connectivity index (χ0) is 20.0. The number of halogens is 2. The molecular weight excluding hydrogens is 462 g/mol. The molecule has 0 spiro atoms. The molecule has 1 aromatic heterocycles. The predicted molar refractivity (Wildman–Crippen MR) is 119 cm³/mol. The number of hydrogen-bond donors (Lipinski definition) is 2. The maximum atomic E-state index is 12.6. The minimum atomic E-state index is -0.491.